The molecule has 1 heterocycles. The molecule has 0 saturated heterocycles. The van der Waals surface area contributed by atoms with Crippen molar-refractivity contribution in [1.82, 2.24) is 0 Å². The normalized spacial score (nSPS) is 14.1. The monoisotopic (exact) mass is 483 g/mol. The third kappa shape index (κ3) is 5.03. The largest absolute Gasteiger partial charge is 0.308 e. The minimum Gasteiger partial charge on any atom is -0.308 e. The SMILES string of the molecule is CCCN1C(=O)c2cccc(c2)N(CCC)C(=O)c2cccc(c2)N(CCC)C(=O)c2cccc1c2. The summed E-state index contributed by atoms with van der Waals surface area (Å²) in [5.41, 5.74) is 3.55. The number of hydrogen-bond donors (Lipinski definition) is 0. The Hall–Kier alpha value is -3.93. The van der Waals surface area contributed by atoms with Crippen molar-refractivity contribution in [2.45, 2.75) is 40.0 Å². The molecule has 0 saturated carbocycles. The highest BCUT2D eigenvalue weighted by atomic mass is 16.2. The predicted molar refractivity (Wildman–Crippen MR) is 145 cm³/mol. The fourth-order valence-corrected chi connectivity index (χ4v) is 4.60. The second-order valence-electron chi connectivity index (χ2n) is 9.02. The maximum absolute atomic E-state index is 13.7. The highest BCUT2D eigenvalue weighted by molar-refractivity contribution is 6.12. The van der Waals surface area contributed by atoms with Gasteiger partial charge in [-0.2, -0.15) is 0 Å². The summed E-state index contributed by atoms with van der Waals surface area (Å²) < 4.78 is 0. The Kier molecular flexibility index (Phi) is 7.84. The lowest BCUT2D eigenvalue weighted by atomic mass is 10.1. The average molecular weight is 484 g/mol. The van der Waals surface area contributed by atoms with Crippen molar-refractivity contribution in [3.63, 3.8) is 0 Å². The summed E-state index contributed by atoms with van der Waals surface area (Å²) in [6.07, 6.45) is 2.29. The fourth-order valence-electron chi connectivity index (χ4n) is 4.60. The highest BCUT2D eigenvalue weighted by Crippen LogP contribution is 2.27. The second kappa shape index (κ2) is 11.2. The van der Waals surface area contributed by atoms with Crippen LogP contribution in [0.3, 0.4) is 0 Å². The summed E-state index contributed by atoms with van der Waals surface area (Å²) in [6.45, 7) is 7.59. The molecule has 3 amide bonds. The number of rotatable bonds is 6. The minimum absolute atomic E-state index is 0.159. The molecule has 0 fully saturated rings. The van der Waals surface area contributed by atoms with Crippen molar-refractivity contribution in [3.05, 3.63) is 89.5 Å². The molecule has 0 atom stereocenters. The van der Waals surface area contributed by atoms with Crippen LogP contribution in [0.15, 0.2) is 72.8 Å². The van der Waals surface area contributed by atoms with Crippen molar-refractivity contribution in [2.75, 3.05) is 34.3 Å². The van der Waals surface area contributed by atoms with Crippen LogP contribution in [0, 0.1) is 0 Å². The van der Waals surface area contributed by atoms with E-state index < -0.39 is 0 Å². The van der Waals surface area contributed by atoms with Crippen LogP contribution in [0.25, 0.3) is 0 Å². The standard InChI is InChI=1S/C30H33N3O3/c1-4-16-31-25-13-7-11-23(19-25)29(35)33(18-6-3)27-15-9-12-24(21-27)30(36)32(17-5-2)26-14-8-10-22(20-26)28(31)34/h7-15,19-21H,4-6,16-18H2,1-3H3. The Bertz CT molecular complexity index is 1110. The first-order chi connectivity index (χ1) is 17.5. The van der Waals surface area contributed by atoms with E-state index in [2.05, 4.69) is 0 Å². The number of nitrogens with zero attached hydrogens (tertiary/aromatic N) is 3. The van der Waals surface area contributed by atoms with Crippen LogP contribution >= 0.6 is 0 Å². The van der Waals surface area contributed by atoms with Gasteiger partial charge < -0.3 is 14.7 Å². The van der Waals surface area contributed by atoms with Gasteiger partial charge in [0.1, 0.15) is 0 Å². The molecule has 0 N–H and O–H groups in total. The van der Waals surface area contributed by atoms with Crippen LogP contribution in [-0.4, -0.2) is 37.4 Å². The zero-order valence-electron chi connectivity index (χ0n) is 21.2. The van der Waals surface area contributed by atoms with Gasteiger partial charge >= 0.3 is 0 Å². The number of fused-ring (bicyclic) bond motifs is 6. The molecule has 36 heavy (non-hydrogen) atoms. The van der Waals surface area contributed by atoms with Gasteiger partial charge in [-0.05, 0) is 73.9 Å². The summed E-state index contributed by atoms with van der Waals surface area (Å²) in [7, 11) is 0. The van der Waals surface area contributed by atoms with Crippen molar-refractivity contribution in [3.8, 4) is 0 Å². The first-order valence-electron chi connectivity index (χ1n) is 12.7. The van der Waals surface area contributed by atoms with E-state index in [-0.39, 0.29) is 17.7 Å². The van der Waals surface area contributed by atoms with Gasteiger partial charge in [-0.15, -0.1) is 0 Å². The molecule has 3 aromatic rings. The van der Waals surface area contributed by atoms with E-state index >= 15 is 0 Å². The summed E-state index contributed by atoms with van der Waals surface area (Å²) in [5.74, 6) is -0.478. The Morgan fingerprint density at radius 2 is 0.750 bits per heavy atom. The molecule has 0 aliphatic carbocycles. The molecule has 6 heteroatoms. The molecular weight excluding hydrogens is 450 g/mol. The number of hydrogen-bond acceptors (Lipinski definition) is 3. The fraction of sp³-hybridized carbons (Fsp3) is 0.300. The van der Waals surface area contributed by atoms with Crippen molar-refractivity contribution in [2.24, 2.45) is 0 Å². The maximum atomic E-state index is 13.7. The van der Waals surface area contributed by atoms with E-state index in [1.165, 1.54) is 0 Å². The third-order valence-electron chi connectivity index (χ3n) is 6.29. The highest BCUT2D eigenvalue weighted by Gasteiger charge is 2.25. The van der Waals surface area contributed by atoms with Gasteiger partial charge in [0.05, 0.1) is 0 Å². The van der Waals surface area contributed by atoms with Gasteiger partial charge in [-0.3, -0.25) is 14.4 Å². The van der Waals surface area contributed by atoms with E-state index in [9.17, 15) is 14.4 Å². The van der Waals surface area contributed by atoms with Gasteiger partial charge in [0, 0.05) is 53.4 Å². The van der Waals surface area contributed by atoms with Gasteiger partial charge in [-0.25, -0.2) is 0 Å². The van der Waals surface area contributed by atoms with E-state index in [4.69, 9.17) is 0 Å². The van der Waals surface area contributed by atoms with Gasteiger partial charge in [0.25, 0.3) is 17.7 Å². The predicted octanol–water partition coefficient (Wildman–Crippen LogP) is 6.17. The van der Waals surface area contributed by atoms with E-state index in [0.29, 0.717) is 53.4 Å². The van der Waals surface area contributed by atoms with Gasteiger partial charge in [0.2, 0.25) is 0 Å². The zero-order chi connectivity index (χ0) is 25.7. The quantitative estimate of drug-likeness (QED) is 0.421. The third-order valence-corrected chi connectivity index (χ3v) is 6.29. The van der Waals surface area contributed by atoms with Crippen LogP contribution in [-0.2, 0) is 0 Å². The van der Waals surface area contributed by atoms with Crippen molar-refractivity contribution >= 4 is 34.8 Å². The van der Waals surface area contributed by atoms with E-state index in [1.54, 1.807) is 51.1 Å². The van der Waals surface area contributed by atoms with Crippen LogP contribution in [0.2, 0.25) is 0 Å². The molecular formula is C30H33N3O3. The topological polar surface area (TPSA) is 60.9 Å². The van der Waals surface area contributed by atoms with Gasteiger partial charge in [0.15, 0.2) is 0 Å². The second-order valence-corrected chi connectivity index (χ2v) is 9.02. The summed E-state index contributed by atoms with van der Waals surface area (Å²) in [6, 6.07) is 21.8. The number of amides is 3. The zero-order valence-corrected chi connectivity index (χ0v) is 21.2. The minimum atomic E-state index is -0.159. The number of carbonyl (C=O) groups is 3. The van der Waals surface area contributed by atoms with Crippen LogP contribution in [0.4, 0.5) is 17.1 Å². The number of anilines is 3. The lowest BCUT2D eigenvalue weighted by molar-refractivity contribution is 0.0976. The number of carbonyl (C=O) groups excluding carboxylic acids is 3. The summed E-state index contributed by atoms with van der Waals surface area (Å²) in [4.78, 5) is 46.3. The molecule has 0 spiro atoms. The first kappa shape index (κ1) is 25.2. The van der Waals surface area contributed by atoms with E-state index in [0.717, 1.165) is 19.3 Å². The smallest absolute Gasteiger partial charge is 0.258 e. The molecule has 3 aromatic carbocycles. The van der Waals surface area contributed by atoms with Crippen molar-refractivity contribution in [1.29, 1.82) is 0 Å². The van der Waals surface area contributed by atoms with Crippen LogP contribution in [0.5, 0.6) is 0 Å². The molecule has 4 rings (SSSR count). The lowest BCUT2D eigenvalue weighted by Crippen LogP contribution is -2.33. The number of benzene rings is 3. The molecule has 6 nitrogen and oxygen atoms in total. The Morgan fingerprint density at radius 1 is 0.472 bits per heavy atom. The van der Waals surface area contributed by atoms with Gasteiger partial charge in [-0.1, -0.05) is 39.0 Å². The molecule has 186 valence electrons. The van der Waals surface area contributed by atoms with Crippen LogP contribution < -0.4 is 14.7 Å². The lowest BCUT2D eigenvalue weighted by Gasteiger charge is -2.25. The molecule has 6 bridgehead atoms. The molecule has 0 radical (unpaired) electrons. The van der Waals surface area contributed by atoms with Crippen molar-refractivity contribution < 1.29 is 14.4 Å². The molecule has 1 aliphatic heterocycles. The molecule has 0 aromatic heterocycles. The van der Waals surface area contributed by atoms with E-state index in [1.807, 2.05) is 57.2 Å². The Labute approximate surface area is 213 Å². The van der Waals surface area contributed by atoms with Crippen LogP contribution in [0.1, 0.15) is 71.1 Å². The maximum Gasteiger partial charge on any atom is 0.258 e. The molecule has 1 aliphatic rings. The Morgan fingerprint density at radius 3 is 1.00 bits per heavy atom. The summed E-state index contributed by atoms with van der Waals surface area (Å²) in [5, 5.41) is 0. The average Bonchev–Trinajstić information content (AvgIpc) is 2.92. The Balaban J connectivity index is 1.95. The summed E-state index contributed by atoms with van der Waals surface area (Å²) >= 11 is 0. The molecule has 0 unspecified atom stereocenters. The first-order valence-corrected chi connectivity index (χ1v) is 12.7.